The molecular formula is C22H31ClN2O2. The number of likely N-dealkylation sites (tertiary alicyclic amines) is 1. The molecule has 0 spiro atoms. The van der Waals surface area contributed by atoms with Gasteiger partial charge in [0.25, 0.3) is 0 Å². The number of hydrogen-bond donors (Lipinski definition) is 2. The highest BCUT2D eigenvalue weighted by molar-refractivity contribution is 6.30. The summed E-state index contributed by atoms with van der Waals surface area (Å²) in [5.74, 6) is 1.43. The van der Waals surface area contributed by atoms with Gasteiger partial charge in [-0.1, -0.05) is 30.9 Å². The summed E-state index contributed by atoms with van der Waals surface area (Å²) in [6.07, 6.45) is 10.2. The predicted molar refractivity (Wildman–Crippen MR) is 108 cm³/mol. The second kappa shape index (κ2) is 8.40. The topological polar surface area (TPSA) is 52.6 Å². The number of carbonyl (C=O) groups is 1. The van der Waals surface area contributed by atoms with Crippen molar-refractivity contribution in [3.8, 4) is 5.75 Å². The van der Waals surface area contributed by atoms with E-state index in [1.165, 1.54) is 19.3 Å². The molecule has 1 aliphatic heterocycles. The molecule has 3 fully saturated rings. The van der Waals surface area contributed by atoms with Crippen LogP contribution in [-0.2, 0) is 11.3 Å². The summed E-state index contributed by atoms with van der Waals surface area (Å²) in [6, 6.07) is 4.19. The lowest BCUT2D eigenvalue weighted by Gasteiger charge is -2.33. The average Bonchev–Trinajstić information content (AvgIpc) is 3.52. The smallest absolute Gasteiger partial charge is 0.223 e. The number of phenolic OH excluding ortho intramolecular Hbond substituents is 1. The summed E-state index contributed by atoms with van der Waals surface area (Å²) in [7, 11) is 0. The summed E-state index contributed by atoms with van der Waals surface area (Å²) >= 11 is 6.40. The van der Waals surface area contributed by atoms with Gasteiger partial charge >= 0.3 is 0 Å². The third-order valence-corrected chi connectivity index (χ3v) is 6.72. The Morgan fingerprint density at radius 2 is 1.78 bits per heavy atom. The molecule has 1 heterocycles. The number of rotatable bonds is 5. The van der Waals surface area contributed by atoms with Crippen LogP contribution in [0.3, 0.4) is 0 Å². The summed E-state index contributed by atoms with van der Waals surface area (Å²) in [6.45, 7) is 2.62. The summed E-state index contributed by atoms with van der Waals surface area (Å²) in [5.41, 5.74) is 1.99. The first kappa shape index (κ1) is 19.1. The summed E-state index contributed by atoms with van der Waals surface area (Å²) < 4.78 is 0. The number of halogens is 1. The van der Waals surface area contributed by atoms with Gasteiger partial charge in [0.15, 0.2) is 0 Å². The predicted octanol–water partition coefficient (Wildman–Crippen LogP) is 4.58. The number of carbonyl (C=O) groups excluding carboxylic acids is 1. The minimum absolute atomic E-state index is 0.248. The molecule has 0 unspecified atom stereocenters. The molecule has 0 bridgehead atoms. The standard InChI is InChI=1S/C22H31ClN2O2/c23-18-12-17(21(26)20(13-18)15-4-2-1-3-5-15)14-25-10-8-19(9-11-25)24-22(27)16-6-7-16/h12-13,15-16,19,26H,1-11,14H2,(H,24,27). The molecule has 1 aromatic carbocycles. The molecule has 2 aliphatic carbocycles. The molecule has 2 saturated carbocycles. The largest absolute Gasteiger partial charge is 0.507 e. The van der Waals surface area contributed by atoms with E-state index in [4.69, 9.17) is 11.6 Å². The number of aromatic hydroxyl groups is 1. The van der Waals surface area contributed by atoms with E-state index in [2.05, 4.69) is 10.2 Å². The molecule has 1 aromatic rings. The zero-order valence-corrected chi connectivity index (χ0v) is 16.8. The Kier molecular flexibility index (Phi) is 5.93. The normalized spacial score (nSPS) is 22.7. The number of piperidine rings is 1. The van der Waals surface area contributed by atoms with Crippen LogP contribution in [0.15, 0.2) is 12.1 Å². The van der Waals surface area contributed by atoms with Crippen molar-refractivity contribution in [1.82, 2.24) is 10.2 Å². The Balaban J connectivity index is 1.36. The highest BCUT2D eigenvalue weighted by Gasteiger charge is 2.32. The highest BCUT2D eigenvalue weighted by atomic mass is 35.5. The van der Waals surface area contributed by atoms with Crippen LogP contribution in [0.2, 0.25) is 5.02 Å². The third-order valence-electron chi connectivity index (χ3n) is 6.50. The van der Waals surface area contributed by atoms with E-state index >= 15 is 0 Å². The number of benzene rings is 1. The fraction of sp³-hybridized carbons (Fsp3) is 0.682. The summed E-state index contributed by atoms with van der Waals surface area (Å²) in [4.78, 5) is 14.3. The van der Waals surface area contributed by atoms with Crippen molar-refractivity contribution in [2.24, 2.45) is 5.92 Å². The zero-order valence-electron chi connectivity index (χ0n) is 16.1. The number of phenols is 1. The SMILES string of the molecule is O=C(NC1CCN(Cc2cc(Cl)cc(C3CCCCC3)c2O)CC1)C1CC1. The first-order chi connectivity index (χ1) is 13.1. The van der Waals surface area contributed by atoms with Gasteiger partial charge in [-0.3, -0.25) is 9.69 Å². The van der Waals surface area contributed by atoms with Crippen molar-refractivity contribution in [3.05, 3.63) is 28.3 Å². The Bertz CT molecular complexity index is 675. The second-order valence-corrected chi connectivity index (χ2v) is 9.11. The van der Waals surface area contributed by atoms with E-state index in [-0.39, 0.29) is 11.8 Å². The Morgan fingerprint density at radius 1 is 1.07 bits per heavy atom. The quantitative estimate of drug-likeness (QED) is 0.773. The molecule has 0 radical (unpaired) electrons. The molecular weight excluding hydrogens is 360 g/mol. The van der Waals surface area contributed by atoms with E-state index in [0.717, 1.165) is 74.3 Å². The minimum Gasteiger partial charge on any atom is -0.507 e. The summed E-state index contributed by atoms with van der Waals surface area (Å²) in [5, 5.41) is 14.8. The Morgan fingerprint density at radius 3 is 2.44 bits per heavy atom. The van der Waals surface area contributed by atoms with E-state index < -0.39 is 0 Å². The van der Waals surface area contributed by atoms with Gasteiger partial charge in [-0.2, -0.15) is 0 Å². The van der Waals surface area contributed by atoms with E-state index in [0.29, 0.717) is 17.7 Å². The maximum absolute atomic E-state index is 11.9. The van der Waals surface area contributed by atoms with Gasteiger partial charge < -0.3 is 10.4 Å². The molecule has 4 nitrogen and oxygen atoms in total. The molecule has 3 aliphatic rings. The number of nitrogens with zero attached hydrogens (tertiary/aromatic N) is 1. The van der Waals surface area contributed by atoms with E-state index in [9.17, 15) is 9.90 Å². The van der Waals surface area contributed by atoms with Crippen molar-refractivity contribution in [2.45, 2.75) is 76.3 Å². The lowest BCUT2D eigenvalue weighted by molar-refractivity contribution is -0.123. The molecule has 2 N–H and O–H groups in total. The van der Waals surface area contributed by atoms with Crippen molar-refractivity contribution in [2.75, 3.05) is 13.1 Å². The molecule has 1 amide bonds. The van der Waals surface area contributed by atoms with Crippen LogP contribution in [0, 0.1) is 5.92 Å². The van der Waals surface area contributed by atoms with Crippen LogP contribution < -0.4 is 5.32 Å². The van der Waals surface area contributed by atoms with Gasteiger partial charge in [-0.05, 0) is 62.1 Å². The van der Waals surface area contributed by atoms with E-state index in [1.807, 2.05) is 12.1 Å². The van der Waals surface area contributed by atoms with Crippen molar-refractivity contribution >= 4 is 17.5 Å². The van der Waals surface area contributed by atoms with Gasteiger partial charge in [0, 0.05) is 42.2 Å². The zero-order chi connectivity index (χ0) is 18.8. The molecule has 4 rings (SSSR count). The van der Waals surface area contributed by atoms with Crippen LogP contribution in [0.25, 0.3) is 0 Å². The van der Waals surface area contributed by atoms with Gasteiger partial charge in [-0.15, -0.1) is 0 Å². The van der Waals surface area contributed by atoms with E-state index in [1.54, 1.807) is 0 Å². The van der Waals surface area contributed by atoms with Gasteiger partial charge in [-0.25, -0.2) is 0 Å². The molecule has 1 saturated heterocycles. The van der Waals surface area contributed by atoms with Gasteiger partial charge in [0.1, 0.15) is 5.75 Å². The number of hydrogen-bond acceptors (Lipinski definition) is 3. The Labute approximate surface area is 167 Å². The van der Waals surface area contributed by atoms with Crippen LogP contribution >= 0.6 is 11.6 Å². The molecule has 0 aromatic heterocycles. The van der Waals surface area contributed by atoms with Gasteiger partial charge in [0.2, 0.25) is 5.91 Å². The number of amides is 1. The van der Waals surface area contributed by atoms with Crippen LogP contribution in [0.5, 0.6) is 5.75 Å². The van der Waals surface area contributed by atoms with Crippen LogP contribution in [-0.4, -0.2) is 35.0 Å². The number of nitrogens with one attached hydrogen (secondary N) is 1. The Hall–Kier alpha value is -1.26. The third kappa shape index (κ3) is 4.78. The molecule has 0 atom stereocenters. The molecule has 5 heteroatoms. The lowest BCUT2D eigenvalue weighted by atomic mass is 9.83. The van der Waals surface area contributed by atoms with Crippen molar-refractivity contribution in [3.63, 3.8) is 0 Å². The fourth-order valence-corrected chi connectivity index (χ4v) is 4.91. The van der Waals surface area contributed by atoms with Crippen LogP contribution in [0.1, 0.15) is 74.8 Å². The second-order valence-electron chi connectivity index (χ2n) is 8.67. The van der Waals surface area contributed by atoms with Gasteiger partial charge in [0.05, 0.1) is 0 Å². The van der Waals surface area contributed by atoms with Crippen molar-refractivity contribution < 1.29 is 9.90 Å². The highest BCUT2D eigenvalue weighted by Crippen LogP contribution is 2.40. The first-order valence-corrected chi connectivity index (χ1v) is 11.0. The fourth-order valence-electron chi connectivity index (χ4n) is 4.66. The average molecular weight is 391 g/mol. The minimum atomic E-state index is 0.248. The first-order valence-electron chi connectivity index (χ1n) is 10.6. The lowest BCUT2D eigenvalue weighted by Crippen LogP contribution is -2.44. The van der Waals surface area contributed by atoms with Crippen LogP contribution in [0.4, 0.5) is 0 Å². The maximum Gasteiger partial charge on any atom is 0.223 e. The van der Waals surface area contributed by atoms with Crippen molar-refractivity contribution in [1.29, 1.82) is 0 Å². The molecule has 148 valence electrons. The monoisotopic (exact) mass is 390 g/mol. The molecule has 27 heavy (non-hydrogen) atoms. The maximum atomic E-state index is 11.9.